The smallest absolute Gasteiger partial charge is 0.0337 e. The van der Waals surface area contributed by atoms with Crippen LogP contribution in [0.5, 0.6) is 0 Å². The summed E-state index contributed by atoms with van der Waals surface area (Å²) in [6, 6.07) is 2.55. The highest BCUT2D eigenvalue weighted by molar-refractivity contribution is 7.12. The van der Waals surface area contributed by atoms with Crippen molar-refractivity contribution in [1.29, 1.82) is 0 Å². The Bertz CT molecular complexity index is 316. The number of aryl methyl sites for hydroxylation is 2. The van der Waals surface area contributed by atoms with Crippen molar-refractivity contribution in [3.63, 3.8) is 0 Å². The van der Waals surface area contributed by atoms with E-state index in [4.69, 9.17) is 5.73 Å². The molecule has 13 heavy (non-hydrogen) atoms. The van der Waals surface area contributed by atoms with Crippen LogP contribution in [0.2, 0.25) is 0 Å². The number of hydrogen-bond donors (Lipinski definition) is 1. The zero-order valence-corrected chi connectivity index (χ0v) is 9.32. The molecule has 0 bridgehead atoms. The number of hydrogen-bond acceptors (Lipinski definition) is 2. The quantitative estimate of drug-likeness (QED) is 0.771. The van der Waals surface area contributed by atoms with Crippen molar-refractivity contribution in [2.75, 3.05) is 0 Å². The molecule has 1 aliphatic carbocycles. The van der Waals surface area contributed by atoms with E-state index in [2.05, 4.69) is 26.8 Å². The Morgan fingerprint density at radius 3 is 2.54 bits per heavy atom. The van der Waals surface area contributed by atoms with Gasteiger partial charge >= 0.3 is 0 Å². The molecule has 0 spiro atoms. The summed E-state index contributed by atoms with van der Waals surface area (Å²) in [5, 5.41) is 0. The predicted octanol–water partition coefficient (Wildman–Crippen LogP) is 3.02. The number of thiophene rings is 1. The van der Waals surface area contributed by atoms with Gasteiger partial charge in [0.25, 0.3) is 0 Å². The zero-order chi connectivity index (χ0) is 9.59. The molecule has 1 fully saturated rings. The molecule has 0 radical (unpaired) electrons. The first-order valence-electron chi connectivity index (χ1n) is 4.92. The maximum atomic E-state index is 6.21. The van der Waals surface area contributed by atoms with Crippen LogP contribution in [0.1, 0.15) is 34.7 Å². The summed E-state index contributed by atoms with van der Waals surface area (Å²) in [6.45, 7) is 6.63. The molecule has 0 aromatic carbocycles. The van der Waals surface area contributed by atoms with E-state index in [1.54, 1.807) is 0 Å². The van der Waals surface area contributed by atoms with E-state index in [0.29, 0.717) is 6.04 Å². The van der Waals surface area contributed by atoms with Crippen LogP contribution in [0, 0.1) is 25.7 Å². The second-order valence-electron chi connectivity index (χ2n) is 4.27. The van der Waals surface area contributed by atoms with Crippen LogP contribution >= 0.6 is 11.3 Å². The molecule has 2 N–H and O–H groups in total. The third-order valence-corrected chi connectivity index (χ3v) is 4.05. The maximum absolute atomic E-state index is 6.21. The minimum absolute atomic E-state index is 0.292. The van der Waals surface area contributed by atoms with Crippen LogP contribution in [0.3, 0.4) is 0 Å². The van der Waals surface area contributed by atoms with E-state index < -0.39 is 0 Å². The lowest BCUT2D eigenvalue weighted by atomic mass is 10.0. The van der Waals surface area contributed by atoms with Gasteiger partial charge in [-0.05, 0) is 43.7 Å². The van der Waals surface area contributed by atoms with E-state index in [-0.39, 0.29) is 0 Å². The van der Waals surface area contributed by atoms with Crippen molar-refractivity contribution >= 4 is 11.3 Å². The molecule has 1 saturated carbocycles. The van der Waals surface area contributed by atoms with Crippen LogP contribution in [-0.2, 0) is 0 Å². The summed E-state index contributed by atoms with van der Waals surface area (Å²) in [6.07, 6.45) is 1.31. The molecule has 1 aromatic rings. The molecular formula is C11H17NS. The van der Waals surface area contributed by atoms with Crippen LogP contribution in [0.4, 0.5) is 0 Å². The summed E-state index contributed by atoms with van der Waals surface area (Å²) in [7, 11) is 0. The van der Waals surface area contributed by atoms with E-state index in [1.165, 1.54) is 21.7 Å². The minimum Gasteiger partial charge on any atom is -0.324 e. The Labute approximate surface area is 84.0 Å². The molecule has 1 aliphatic rings. The van der Waals surface area contributed by atoms with Crippen molar-refractivity contribution in [2.24, 2.45) is 17.6 Å². The van der Waals surface area contributed by atoms with E-state index in [1.807, 2.05) is 11.3 Å². The van der Waals surface area contributed by atoms with Crippen molar-refractivity contribution in [3.05, 3.63) is 21.4 Å². The molecule has 1 nitrogen and oxygen atoms in total. The molecule has 3 unspecified atom stereocenters. The highest BCUT2D eigenvalue weighted by atomic mass is 32.1. The lowest BCUT2D eigenvalue weighted by Crippen LogP contribution is -2.13. The molecular weight excluding hydrogens is 178 g/mol. The molecule has 2 rings (SSSR count). The van der Waals surface area contributed by atoms with Gasteiger partial charge < -0.3 is 5.73 Å². The van der Waals surface area contributed by atoms with Gasteiger partial charge in [0.1, 0.15) is 0 Å². The fourth-order valence-electron chi connectivity index (χ4n) is 2.06. The van der Waals surface area contributed by atoms with Crippen LogP contribution in [0.15, 0.2) is 6.07 Å². The second kappa shape index (κ2) is 3.10. The third kappa shape index (κ3) is 1.65. The number of nitrogens with two attached hydrogens (primary N) is 1. The molecule has 1 aromatic heterocycles. The maximum Gasteiger partial charge on any atom is 0.0337 e. The molecule has 2 heteroatoms. The highest BCUT2D eigenvalue weighted by Crippen LogP contribution is 2.47. The Hall–Kier alpha value is -0.340. The first-order valence-corrected chi connectivity index (χ1v) is 5.73. The van der Waals surface area contributed by atoms with Crippen molar-refractivity contribution in [2.45, 2.75) is 33.2 Å². The SMILES string of the molecule is Cc1cc(C(N)C2CC2C)c(C)s1. The zero-order valence-electron chi connectivity index (χ0n) is 8.50. The Morgan fingerprint density at radius 1 is 1.54 bits per heavy atom. The van der Waals surface area contributed by atoms with Gasteiger partial charge in [-0.1, -0.05) is 6.92 Å². The Kier molecular flexibility index (Phi) is 2.20. The fourth-order valence-corrected chi connectivity index (χ4v) is 3.05. The van der Waals surface area contributed by atoms with Gasteiger partial charge in [0.05, 0.1) is 0 Å². The van der Waals surface area contributed by atoms with E-state index in [9.17, 15) is 0 Å². The summed E-state index contributed by atoms with van der Waals surface area (Å²) in [5.74, 6) is 1.59. The number of rotatable bonds is 2. The average molecular weight is 195 g/mol. The van der Waals surface area contributed by atoms with E-state index >= 15 is 0 Å². The second-order valence-corrected chi connectivity index (χ2v) is 5.73. The van der Waals surface area contributed by atoms with Gasteiger partial charge in [-0.3, -0.25) is 0 Å². The van der Waals surface area contributed by atoms with Gasteiger partial charge in [-0.2, -0.15) is 0 Å². The Morgan fingerprint density at radius 2 is 2.15 bits per heavy atom. The molecule has 72 valence electrons. The standard InChI is InChI=1S/C11H17NS/c1-6-4-9(6)11(12)10-5-7(2)13-8(10)3/h5-6,9,11H,4,12H2,1-3H3. The van der Waals surface area contributed by atoms with Gasteiger partial charge in [0.2, 0.25) is 0 Å². The summed E-state index contributed by atoms with van der Waals surface area (Å²) in [4.78, 5) is 2.79. The molecule has 0 aliphatic heterocycles. The lowest BCUT2D eigenvalue weighted by Gasteiger charge is -2.09. The van der Waals surface area contributed by atoms with Crippen molar-refractivity contribution < 1.29 is 0 Å². The topological polar surface area (TPSA) is 26.0 Å². The molecule has 3 atom stereocenters. The summed E-state index contributed by atoms with van der Waals surface area (Å²) < 4.78 is 0. The fraction of sp³-hybridized carbons (Fsp3) is 0.636. The molecule has 0 amide bonds. The van der Waals surface area contributed by atoms with E-state index in [0.717, 1.165) is 11.8 Å². The normalized spacial score (nSPS) is 28.9. The third-order valence-electron chi connectivity index (χ3n) is 3.07. The van der Waals surface area contributed by atoms with Crippen molar-refractivity contribution in [1.82, 2.24) is 0 Å². The summed E-state index contributed by atoms with van der Waals surface area (Å²) in [5.41, 5.74) is 7.60. The van der Waals surface area contributed by atoms with Gasteiger partial charge in [0.15, 0.2) is 0 Å². The van der Waals surface area contributed by atoms with Crippen molar-refractivity contribution in [3.8, 4) is 0 Å². The first-order chi connectivity index (χ1) is 6.09. The van der Waals surface area contributed by atoms with Crippen LogP contribution in [-0.4, -0.2) is 0 Å². The summed E-state index contributed by atoms with van der Waals surface area (Å²) >= 11 is 1.86. The molecule has 1 heterocycles. The Balaban J connectivity index is 2.19. The van der Waals surface area contributed by atoms with Crippen LogP contribution in [0.25, 0.3) is 0 Å². The van der Waals surface area contributed by atoms with Gasteiger partial charge in [0, 0.05) is 15.8 Å². The first kappa shape index (κ1) is 9.22. The lowest BCUT2D eigenvalue weighted by molar-refractivity contribution is 0.592. The van der Waals surface area contributed by atoms with Crippen LogP contribution < -0.4 is 5.73 Å². The highest BCUT2D eigenvalue weighted by Gasteiger charge is 2.38. The minimum atomic E-state index is 0.292. The largest absolute Gasteiger partial charge is 0.324 e. The molecule has 0 saturated heterocycles. The van der Waals surface area contributed by atoms with Gasteiger partial charge in [-0.25, -0.2) is 0 Å². The predicted molar refractivity (Wildman–Crippen MR) is 58.0 cm³/mol. The average Bonchev–Trinajstić information content (AvgIpc) is 2.67. The monoisotopic (exact) mass is 195 g/mol. The van der Waals surface area contributed by atoms with Gasteiger partial charge in [-0.15, -0.1) is 11.3 Å².